The summed E-state index contributed by atoms with van der Waals surface area (Å²) in [6.07, 6.45) is 6.25. The molecule has 2 aliphatic rings. The van der Waals surface area contributed by atoms with Gasteiger partial charge in [0.1, 0.15) is 0 Å². The maximum absolute atomic E-state index is 12.6. The van der Waals surface area contributed by atoms with E-state index in [0.29, 0.717) is 19.1 Å². The average molecular weight is 289 g/mol. The molecule has 2 rings (SSSR count). The minimum atomic E-state index is -3.27. The maximum atomic E-state index is 12.6. The third kappa shape index (κ3) is 3.90. The van der Waals surface area contributed by atoms with Crippen LogP contribution < -0.4 is 5.32 Å². The molecule has 1 N–H and O–H groups in total. The molecule has 0 radical (unpaired) electrons. The first kappa shape index (κ1) is 15.2. The molecule has 1 atom stereocenters. The fourth-order valence-electron chi connectivity index (χ4n) is 2.60. The fraction of sp³-hybridized carbons (Fsp3) is 1.00. The lowest BCUT2D eigenvalue weighted by Crippen LogP contribution is -2.48. The van der Waals surface area contributed by atoms with Gasteiger partial charge in [-0.3, -0.25) is 0 Å². The molecule has 1 saturated heterocycles. The minimum Gasteiger partial charge on any atom is -0.313 e. The molecule has 2 fully saturated rings. The van der Waals surface area contributed by atoms with Crippen molar-refractivity contribution in [1.29, 1.82) is 0 Å². The Kier molecular flexibility index (Phi) is 5.22. The van der Waals surface area contributed by atoms with Gasteiger partial charge in [0.2, 0.25) is 0 Å². The van der Waals surface area contributed by atoms with Gasteiger partial charge in [-0.1, -0.05) is 13.3 Å². The summed E-state index contributed by atoms with van der Waals surface area (Å²) in [5.74, 6) is 0. The summed E-state index contributed by atoms with van der Waals surface area (Å²) in [5.41, 5.74) is 0. The van der Waals surface area contributed by atoms with Crippen molar-refractivity contribution in [1.82, 2.24) is 13.9 Å². The van der Waals surface area contributed by atoms with Crippen molar-refractivity contribution in [2.75, 3.05) is 26.7 Å². The zero-order valence-electron chi connectivity index (χ0n) is 12.1. The van der Waals surface area contributed by atoms with E-state index in [4.69, 9.17) is 0 Å². The topological polar surface area (TPSA) is 52.7 Å². The molecule has 5 nitrogen and oxygen atoms in total. The highest BCUT2D eigenvalue weighted by Gasteiger charge is 2.40. The number of nitrogens with zero attached hydrogens (tertiary/aromatic N) is 2. The zero-order valence-corrected chi connectivity index (χ0v) is 13.0. The lowest BCUT2D eigenvalue weighted by molar-refractivity contribution is 0.326. The van der Waals surface area contributed by atoms with Crippen LogP contribution in [0.25, 0.3) is 0 Å². The lowest BCUT2D eigenvalue weighted by atomic mass is 10.2. The fourth-order valence-corrected chi connectivity index (χ4v) is 4.27. The quantitative estimate of drug-likeness (QED) is 0.730. The van der Waals surface area contributed by atoms with Crippen LogP contribution in [0.3, 0.4) is 0 Å². The third-order valence-corrected chi connectivity index (χ3v) is 6.04. The lowest BCUT2D eigenvalue weighted by Gasteiger charge is -2.29. The third-order valence-electron chi connectivity index (χ3n) is 4.03. The molecule has 0 aromatic heterocycles. The van der Waals surface area contributed by atoms with E-state index in [1.807, 2.05) is 0 Å². The van der Waals surface area contributed by atoms with Crippen molar-refractivity contribution in [2.45, 2.75) is 57.5 Å². The normalized spacial score (nSPS) is 24.5. The van der Waals surface area contributed by atoms with Gasteiger partial charge in [0.15, 0.2) is 0 Å². The van der Waals surface area contributed by atoms with Gasteiger partial charge in [-0.15, -0.1) is 0 Å². The van der Waals surface area contributed by atoms with Gasteiger partial charge in [0.05, 0.1) is 0 Å². The highest BCUT2D eigenvalue weighted by Crippen LogP contribution is 2.31. The number of unbranched alkanes of at least 4 members (excludes halogenated alkanes) is 1. The highest BCUT2D eigenvalue weighted by molar-refractivity contribution is 7.86. The van der Waals surface area contributed by atoms with E-state index < -0.39 is 10.2 Å². The van der Waals surface area contributed by atoms with Crippen LogP contribution in [0.1, 0.15) is 45.4 Å². The van der Waals surface area contributed by atoms with Gasteiger partial charge in [-0.05, 0) is 38.6 Å². The Balaban J connectivity index is 1.99. The van der Waals surface area contributed by atoms with Gasteiger partial charge in [-0.2, -0.15) is 17.0 Å². The molecule has 1 heterocycles. The Morgan fingerprint density at radius 3 is 2.53 bits per heavy atom. The summed E-state index contributed by atoms with van der Waals surface area (Å²) in [7, 11) is -1.56. The second-order valence-corrected chi connectivity index (χ2v) is 7.77. The van der Waals surface area contributed by atoms with E-state index in [1.54, 1.807) is 11.4 Å². The molecule has 1 aliphatic carbocycles. The van der Waals surface area contributed by atoms with Crippen LogP contribution in [0.4, 0.5) is 0 Å². The smallest absolute Gasteiger partial charge is 0.282 e. The molecule has 0 aromatic carbocycles. The number of rotatable bonds is 8. The summed E-state index contributed by atoms with van der Waals surface area (Å²) >= 11 is 0. The molecular weight excluding hydrogens is 262 g/mol. The average Bonchev–Trinajstić information content (AvgIpc) is 3.09. The van der Waals surface area contributed by atoms with Crippen molar-refractivity contribution < 1.29 is 8.42 Å². The van der Waals surface area contributed by atoms with E-state index in [9.17, 15) is 8.42 Å². The second kappa shape index (κ2) is 6.52. The van der Waals surface area contributed by atoms with E-state index >= 15 is 0 Å². The Morgan fingerprint density at radius 2 is 2.00 bits per heavy atom. The summed E-state index contributed by atoms with van der Waals surface area (Å²) in [5, 5.41) is 3.40. The molecule has 0 bridgehead atoms. The molecular formula is C13H27N3O2S. The molecule has 0 aromatic rings. The Hall–Kier alpha value is -0.170. The molecule has 0 amide bonds. The first-order valence-electron chi connectivity index (χ1n) is 7.52. The zero-order chi connectivity index (χ0) is 13.9. The van der Waals surface area contributed by atoms with Crippen molar-refractivity contribution >= 4 is 10.2 Å². The van der Waals surface area contributed by atoms with E-state index in [0.717, 1.165) is 45.1 Å². The van der Waals surface area contributed by atoms with E-state index in [2.05, 4.69) is 12.2 Å². The van der Waals surface area contributed by atoms with Gasteiger partial charge >= 0.3 is 0 Å². The van der Waals surface area contributed by atoms with Crippen LogP contribution in [0.5, 0.6) is 0 Å². The molecule has 19 heavy (non-hydrogen) atoms. The van der Waals surface area contributed by atoms with Crippen LogP contribution >= 0.6 is 0 Å². The number of hydrogen-bond donors (Lipinski definition) is 1. The Morgan fingerprint density at radius 1 is 1.26 bits per heavy atom. The van der Waals surface area contributed by atoms with E-state index in [-0.39, 0.29) is 6.04 Å². The standard InChI is InChI=1S/C13H27N3O2S/c1-3-4-10-15(2)19(17,18)16(13-7-8-13)11-12-6-5-9-14-12/h12-14H,3-11H2,1-2H3. The van der Waals surface area contributed by atoms with Crippen molar-refractivity contribution in [3.05, 3.63) is 0 Å². The molecule has 0 spiro atoms. The van der Waals surface area contributed by atoms with Crippen molar-refractivity contribution in [2.24, 2.45) is 0 Å². The largest absolute Gasteiger partial charge is 0.313 e. The predicted molar refractivity (Wildman–Crippen MR) is 77.2 cm³/mol. The highest BCUT2D eigenvalue weighted by atomic mass is 32.2. The van der Waals surface area contributed by atoms with Crippen LogP contribution in [0.2, 0.25) is 0 Å². The summed E-state index contributed by atoms with van der Waals surface area (Å²) < 4.78 is 28.5. The predicted octanol–water partition coefficient (Wildman–Crippen LogP) is 1.18. The van der Waals surface area contributed by atoms with Gasteiger partial charge in [-0.25, -0.2) is 0 Å². The van der Waals surface area contributed by atoms with Crippen molar-refractivity contribution in [3.63, 3.8) is 0 Å². The Bertz CT molecular complexity index is 375. The monoisotopic (exact) mass is 289 g/mol. The van der Waals surface area contributed by atoms with Crippen LogP contribution in [-0.4, -0.2) is 55.8 Å². The molecule has 112 valence electrons. The van der Waals surface area contributed by atoms with Gasteiger partial charge in [0, 0.05) is 32.2 Å². The summed E-state index contributed by atoms with van der Waals surface area (Å²) in [6.45, 7) is 4.38. The first-order valence-corrected chi connectivity index (χ1v) is 8.92. The van der Waals surface area contributed by atoms with Crippen LogP contribution in [0.15, 0.2) is 0 Å². The van der Waals surface area contributed by atoms with Crippen LogP contribution in [-0.2, 0) is 10.2 Å². The van der Waals surface area contributed by atoms with Crippen LogP contribution in [0, 0.1) is 0 Å². The first-order chi connectivity index (χ1) is 9.05. The van der Waals surface area contributed by atoms with E-state index in [1.165, 1.54) is 4.31 Å². The number of hydrogen-bond acceptors (Lipinski definition) is 3. The summed E-state index contributed by atoms with van der Waals surface area (Å²) in [6, 6.07) is 0.589. The molecule has 1 aliphatic heterocycles. The van der Waals surface area contributed by atoms with Gasteiger partial charge < -0.3 is 5.32 Å². The minimum absolute atomic E-state index is 0.247. The summed E-state index contributed by atoms with van der Waals surface area (Å²) in [4.78, 5) is 0. The number of nitrogens with one attached hydrogen (secondary N) is 1. The molecule has 6 heteroatoms. The SMILES string of the molecule is CCCCN(C)S(=O)(=O)N(CC1CCCN1)C1CC1. The molecule has 1 unspecified atom stereocenters. The molecule has 1 saturated carbocycles. The van der Waals surface area contributed by atoms with Gasteiger partial charge in [0.25, 0.3) is 10.2 Å². The Labute approximate surface area is 117 Å². The maximum Gasteiger partial charge on any atom is 0.282 e. The second-order valence-electron chi connectivity index (χ2n) is 5.78. The van der Waals surface area contributed by atoms with Crippen molar-refractivity contribution in [3.8, 4) is 0 Å².